The third-order valence-electron chi connectivity index (χ3n) is 5.45. The molecule has 2 aromatic rings. The van der Waals surface area contributed by atoms with Crippen molar-refractivity contribution >= 4 is 15.9 Å². The van der Waals surface area contributed by atoms with Crippen LogP contribution in [0, 0.1) is 5.92 Å². The van der Waals surface area contributed by atoms with Gasteiger partial charge in [0, 0.05) is 18.9 Å². The Morgan fingerprint density at radius 3 is 2.31 bits per heavy atom. The number of hydrogen-bond donors (Lipinski definition) is 1. The summed E-state index contributed by atoms with van der Waals surface area (Å²) < 4.78 is 33.6. The van der Waals surface area contributed by atoms with Gasteiger partial charge in [0.2, 0.25) is 15.9 Å². The molecule has 0 radical (unpaired) electrons. The molecule has 0 spiro atoms. The number of amides is 1. The number of methoxy groups -OCH3 is 1. The average molecular weight is 418 g/mol. The number of carbonyl (C=O) groups is 1. The molecule has 1 heterocycles. The highest BCUT2D eigenvalue weighted by molar-refractivity contribution is 7.89. The van der Waals surface area contributed by atoms with Crippen molar-refractivity contribution < 1.29 is 17.9 Å². The van der Waals surface area contributed by atoms with Gasteiger partial charge in [0.05, 0.1) is 12.0 Å². The number of rotatable bonds is 8. The number of nitrogens with zero attached hydrogens (tertiary/aromatic N) is 2. The molecule has 1 aromatic carbocycles. The van der Waals surface area contributed by atoms with E-state index in [0.717, 1.165) is 37.7 Å². The lowest BCUT2D eigenvalue weighted by atomic mass is 9.83. The first-order chi connectivity index (χ1) is 13.9. The summed E-state index contributed by atoms with van der Waals surface area (Å²) in [5.41, 5.74) is 6.51. The maximum atomic E-state index is 13.6. The van der Waals surface area contributed by atoms with Crippen molar-refractivity contribution in [3.63, 3.8) is 0 Å². The lowest BCUT2D eigenvalue weighted by molar-refractivity contribution is -0.123. The minimum Gasteiger partial charge on any atom is -0.497 e. The molecule has 0 saturated heterocycles. The zero-order valence-corrected chi connectivity index (χ0v) is 17.3. The highest BCUT2D eigenvalue weighted by Crippen LogP contribution is 2.33. The first-order valence-electron chi connectivity index (χ1n) is 9.77. The zero-order valence-electron chi connectivity index (χ0n) is 16.5. The Bertz CT molecular complexity index is 911. The van der Waals surface area contributed by atoms with E-state index in [-0.39, 0.29) is 17.4 Å². The number of primary amides is 1. The molecule has 7 nitrogen and oxygen atoms in total. The number of ether oxygens (including phenoxy) is 1. The third kappa shape index (κ3) is 4.94. The first-order valence-corrected chi connectivity index (χ1v) is 11.2. The monoisotopic (exact) mass is 417 g/mol. The molecule has 1 amide bonds. The van der Waals surface area contributed by atoms with Crippen LogP contribution in [0.25, 0.3) is 0 Å². The molecule has 1 fully saturated rings. The van der Waals surface area contributed by atoms with Crippen molar-refractivity contribution in [2.45, 2.75) is 49.6 Å². The van der Waals surface area contributed by atoms with Gasteiger partial charge in [-0.1, -0.05) is 19.3 Å². The summed E-state index contributed by atoms with van der Waals surface area (Å²) >= 11 is 0. The second-order valence-corrected chi connectivity index (χ2v) is 9.22. The molecule has 0 bridgehead atoms. The van der Waals surface area contributed by atoms with Gasteiger partial charge in [-0.05, 0) is 60.7 Å². The predicted molar refractivity (Wildman–Crippen MR) is 110 cm³/mol. The van der Waals surface area contributed by atoms with Crippen LogP contribution in [0.2, 0.25) is 0 Å². The molecule has 1 aliphatic rings. The van der Waals surface area contributed by atoms with Crippen LogP contribution in [0.5, 0.6) is 5.75 Å². The lowest BCUT2D eigenvalue weighted by Gasteiger charge is -2.36. The van der Waals surface area contributed by atoms with Crippen LogP contribution in [0.15, 0.2) is 53.7 Å². The standard InChI is InChI=1S/C21H27N3O4S/c1-28-18-7-9-19(10-8-18)29(26,27)24(15-16-11-13-23-14-12-16)20(21(22)25)17-5-3-2-4-6-17/h7-14,17,20H,2-6,15H2,1H3,(H2,22,25)/t20-/m1/s1. The van der Waals surface area contributed by atoms with Gasteiger partial charge in [-0.2, -0.15) is 4.31 Å². The molecule has 1 aromatic heterocycles. The molecule has 1 aliphatic carbocycles. The van der Waals surface area contributed by atoms with Crippen molar-refractivity contribution in [2.24, 2.45) is 11.7 Å². The van der Waals surface area contributed by atoms with Crippen molar-refractivity contribution in [2.75, 3.05) is 7.11 Å². The minimum absolute atomic E-state index is 0.0565. The van der Waals surface area contributed by atoms with Crippen LogP contribution in [-0.4, -0.2) is 36.8 Å². The van der Waals surface area contributed by atoms with E-state index in [0.29, 0.717) is 5.75 Å². The van der Waals surface area contributed by atoms with Crippen LogP contribution >= 0.6 is 0 Å². The molecule has 0 unspecified atom stereocenters. The van der Waals surface area contributed by atoms with E-state index in [2.05, 4.69) is 4.98 Å². The molecule has 1 saturated carbocycles. The maximum absolute atomic E-state index is 13.6. The topological polar surface area (TPSA) is 103 Å². The fourth-order valence-electron chi connectivity index (χ4n) is 3.94. The molecule has 0 aliphatic heterocycles. The molecular formula is C21H27N3O4S. The zero-order chi connectivity index (χ0) is 20.9. The van der Waals surface area contributed by atoms with Crippen molar-refractivity contribution in [3.05, 3.63) is 54.4 Å². The van der Waals surface area contributed by atoms with E-state index in [4.69, 9.17) is 10.5 Å². The second-order valence-electron chi connectivity index (χ2n) is 7.33. The number of carbonyl (C=O) groups excluding carboxylic acids is 1. The molecule has 2 N–H and O–H groups in total. The van der Waals surface area contributed by atoms with Crippen molar-refractivity contribution in [1.29, 1.82) is 0 Å². The van der Waals surface area contributed by atoms with Gasteiger partial charge in [-0.25, -0.2) is 8.42 Å². The fraction of sp³-hybridized carbons (Fsp3) is 0.429. The number of sulfonamides is 1. The van der Waals surface area contributed by atoms with Gasteiger partial charge in [0.15, 0.2) is 0 Å². The largest absolute Gasteiger partial charge is 0.497 e. The van der Waals surface area contributed by atoms with Crippen molar-refractivity contribution in [1.82, 2.24) is 9.29 Å². The summed E-state index contributed by atoms with van der Waals surface area (Å²) in [6.45, 7) is 0.0565. The quantitative estimate of drug-likeness (QED) is 0.711. The highest BCUT2D eigenvalue weighted by atomic mass is 32.2. The van der Waals surface area contributed by atoms with Crippen LogP contribution in [0.3, 0.4) is 0 Å². The smallest absolute Gasteiger partial charge is 0.244 e. The number of pyridine rings is 1. The summed E-state index contributed by atoms with van der Waals surface area (Å²) in [4.78, 5) is 16.6. The Morgan fingerprint density at radius 1 is 1.14 bits per heavy atom. The number of benzene rings is 1. The average Bonchev–Trinajstić information content (AvgIpc) is 2.74. The Kier molecular flexibility index (Phi) is 6.87. The number of nitrogens with two attached hydrogens (primary N) is 1. The van der Waals surface area contributed by atoms with Crippen LogP contribution in [0.1, 0.15) is 37.7 Å². The molecule has 156 valence electrons. The van der Waals surface area contributed by atoms with Gasteiger partial charge in [0.1, 0.15) is 11.8 Å². The number of aromatic nitrogens is 1. The van der Waals surface area contributed by atoms with E-state index in [9.17, 15) is 13.2 Å². The Hall–Kier alpha value is -2.45. The summed E-state index contributed by atoms with van der Waals surface area (Å²) in [7, 11) is -2.44. The maximum Gasteiger partial charge on any atom is 0.244 e. The second kappa shape index (κ2) is 9.37. The van der Waals surface area contributed by atoms with E-state index < -0.39 is 22.0 Å². The van der Waals surface area contributed by atoms with Crippen molar-refractivity contribution in [3.8, 4) is 5.75 Å². The fourth-order valence-corrected chi connectivity index (χ4v) is 5.59. The van der Waals surface area contributed by atoms with Crippen LogP contribution in [0.4, 0.5) is 0 Å². The lowest BCUT2D eigenvalue weighted by Crippen LogP contribution is -2.51. The summed E-state index contributed by atoms with van der Waals surface area (Å²) in [6.07, 6.45) is 7.83. The van der Waals surface area contributed by atoms with E-state index in [1.165, 1.54) is 23.5 Å². The molecule has 3 rings (SSSR count). The van der Waals surface area contributed by atoms with E-state index in [1.54, 1.807) is 36.7 Å². The predicted octanol–water partition coefficient (Wildman–Crippen LogP) is 2.72. The van der Waals surface area contributed by atoms with Crippen LogP contribution < -0.4 is 10.5 Å². The third-order valence-corrected chi connectivity index (χ3v) is 7.29. The minimum atomic E-state index is -3.96. The van der Waals surface area contributed by atoms with Gasteiger partial charge in [-0.3, -0.25) is 9.78 Å². The molecular weight excluding hydrogens is 390 g/mol. The Balaban J connectivity index is 2.03. The summed E-state index contributed by atoms with van der Waals surface area (Å²) in [5, 5.41) is 0. The summed E-state index contributed by atoms with van der Waals surface area (Å²) in [6, 6.07) is 8.77. The molecule has 29 heavy (non-hydrogen) atoms. The van der Waals surface area contributed by atoms with Gasteiger partial charge >= 0.3 is 0 Å². The SMILES string of the molecule is COc1ccc(S(=O)(=O)N(Cc2ccncc2)[C@@H](C(N)=O)C2CCCCC2)cc1. The normalized spacial score (nSPS) is 16.5. The van der Waals surface area contributed by atoms with Crippen LogP contribution in [-0.2, 0) is 21.4 Å². The van der Waals surface area contributed by atoms with E-state index in [1.807, 2.05) is 0 Å². The van der Waals surface area contributed by atoms with Gasteiger partial charge < -0.3 is 10.5 Å². The number of hydrogen-bond acceptors (Lipinski definition) is 5. The first kappa shape index (κ1) is 21.3. The molecule has 8 heteroatoms. The highest BCUT2D eigenvalue weighted by Gasteiger charge is 2.40. The van der Waals surface area contributed by atoms with E-state index >= 15 is 0 Å². The Labute approximate surface area is 171 Å². The summed E-state index contributed by atoms with van der Waals surface area (Å²) in [5.74, 6) is -0.137. The Morgan fingerprint density at radius 2 is 1.76 bits per heavy atom. The van der Waals surface area contributed by atoms with Gasteiger partial charge in [-0.15, -0.1) is 0 Å². The van der Waals surface area contributed by atoms with Gasteiger partial charge in [0.25, 0.3) is 0 Å². The molecule has 1 atom stereocenters.